The number of hydrogen-bond acceptors (Lipinski definition) is 1. The molecule has 0 aromatic carbocycles. The van der Waals surface area contributed by atoms with Gasteiger partial charge in [0.25, 0.3) is 0 Å². The van der Waals surface area contributed by atoms with Crippen molar-refractivity contribution >= 4 is 0 Å². The van der Waals surface area contributed by atoms with Crippen LogP contribution in [0.4, 0.5) is 0 Å². The first-order valence-electron chi connectivity index (χ1n) is 4.31. The second-order valence-corrected chi connectivity index (χ2v) is 3.78. The summed E-state index contributed by atoms with van der Waals surface area (Å²) in [7, 11) is 0. The quantitative estimate of drug-likeness (QED) is 0.546. The van der Waals surface area contributed by atoms with Crippen LogP contribution in [0.25, 0.3) is 0 Å². The predicted molar refractivity (Wildman–Crippen MR) is 43.0 cm³/mol. The van der Waals surface area contributed by atoms with E-state index < -0.39 is 0 Å². The molecule has 0 radical (unpaired) electrons. The van der Waals surface area contributed by atoms with Crippen LogP contribution in [0.2, 0.25) is 0 Å². The molecule has 1 fully saturated rings. The van der Waals surface area contributed by atoms with E-state index in [0.29, 0.717) is 12.0 Å². The lowest BCUT2D eigenvalue weighted by molar-refractivity contribution is -0.0304. The molecule has 1 saturated heterocycles. The third-order valence-corrected chi connectivity index (χ3v) is 2.32. The Hall–Kier alpha value is -0.0400. The molecule has 2 unspecified atom stereocenters. The van der Waals surface area contributed by atoms with Crippen LogP contribution in [0.15, 0.2) is 0 Å². The van der Waals surface area contributed by atoms with E-state index in [9.17, 15) is 0 Å². The molecule has 1 aliphatic rings. The van der Waals surface area contributed by atoms with Crippen molar-refractivity contribution in [3.05, 3.63) is 0 Å². The summed E-state index contributed by atoms with van der Waals surface area (Å²) in [5, 5.41) is 0. The Kier molecular flexibility index (Phi) is 2.72. The zero-order valence-electron chi connectivity index (χ0n) is 7.26. The second kappa shape index (κ2) is 3.38. The minimum Gasteiger partial charge on any atom is -0.378 e. The van der Waals surface area contributed by atoms with Gasteiger partial charge in [0.05, 0.1) is 6.10 Å². The highest BCUT2D eigenvalue weighted by Gasteiger charge is 2.21. The molecule has 0 aliphatic carbocycles. The third kappa shape index (κ3) is 1.98. The minimum atomic E-state index is 0.531. The van der Waals surface area contributed by atoms with Crippen molar-refractivity contribution in [3.63, 3.8) is 0 Å². The summed E-state index contributed by atoms with van der Waals surface area (Å²) in [6, 6.07) is 0. The van der Waals surface area contributed by atoms with Crippen LogP contribution in [0, 0.1) is 11.8 Å². The molecule has 10 heavy (non-hydrogen) atoms. The highest BCUT2D eigenvalue weighted by atomic mass is 16.5. The zero-order valence-corrected chi connectivity index (χ0v) is 7.26. The average molecular weight is 142 g/mol. The fourth-order valence-electron chi connectivity index (χ4n) is 1.47. The van der Waals surface area contributed by atoms with Crippen LogP contribution in [-0.4, -0.2) is 12.7 Å². The SMILES string of the molecule is CC1CCOC(C(C)C)C1. The lowest BCUT2D eigenvalue weighted by Gasteiger charge is -2.29. The highest BCUT2D eigenvalue weighted by Crippen LogP contribution is 2.23. The van der Waals surface area contributed by atoms with Gasteiger partial charge in [-0.1, -0.05) is 20.8 Å². The smallest absolute Gasteiger partial charge is 0.0600 e. The first kappa shape index (κ1) is 8.06. The number of hydrogen-bond donors (Lipinski definition) is 0. The first-order valence-corrected chi connectivity index (χ1v) is 4.31. The maximum Gasteiger partial charge on any atom is 0.0600 e. The molecule has 0 saturated carbocycles. The Bertz CT molecular complexity index is 98.9. The van der Waals surface area contributed by atoms with E-state index in [-0.39, 0.29) is 0 Å². The summed E-state index contributed by atoms with van der Waals surface area (Å²) in [6.07, 6.45) is 3.05. The largest absolute Gasteiger partial charge is 0.378 e. The van der Waals surface area contributed by atoms with Crippen LogP contribution in [0.3, 0.4) is 0 Å². The van der Waals surface area contributed by atoms with Gasteiger partial charge in [-0.15, -0.1) is 0 Å². The summed E-state index contributed by atoms with van der Waals surface area (Å²) < 4.78 is 5.61. The molecule has 60 valence electrons. The van der Waals surface area contributed by atoms with E-state index in [4.69, 9.17) is 4.74 Å². The normalized spacial score (nSPS) is 34.8. The topological polar surface area (TPSA) is 9.23 Å². The molecule has 0 spiro atoms. The van der Waals surface area contributed by atoms with Gasteiger partial charge in [-0.05, 0) is 24.7 Å². The molecule has 1 nitrogen and oxygen atoms in total. The minimum absolute atomic E-state index is 0.531. The van der Waals surface area contributed by atoms with E-state index in [1.54, 1.807) is 0 Å². The molecule has 0 aromatic heterocycles. The summed E-state index contributed by atoms with van der Waals surface area (Å²) in [6.45, 7) is 7.77. The summed E-state index contributed by atoms with van der Waals surface area (Å²) in [4.78, 5) is 0. The monoisotopic (exact) mass is 142 g/mol. The molecule has 0 N–H and O–H groups in total. The van der Waals surface area contributed by atoms with Crippen molar-refractivity contribution < 1.29 is 4.74 Å². The molecule has 1 aliphatic heterocycles. The van der Waals surface area contributed by atoms with Gasteiger partial charge < -0.3 is 4.74 Å². The van der Waals surface area contributed by atoms with Gasteiger partial charge in [0.1, 0.15) is 0 Å². The number of ether oxygens (including phenoxy) is 1. The van der Waals surface area contributed by atoms with Crippen LogP contribution >= 0.6 is 0 Å². The Morgan fingerprint density at radius 1 is 1.40 bits per heavy atom. The van der Waals surface area contributed by atoms with Gasteiger partial charge >= 0.3 is 0 Å². The zero-order chi connectivity index (χ0) is 7.56. The Morgan fingerprint density at radius 2 is 2.10 bits per heavy atom. The van der Waals surface area contributed by atoms with Gasteiger partial charge in [-0.25, -0.2) is 0 Å². The van der Waals surface area contributed by atoms with Crippen LogP contribution in [0.5, 0.6) is 0 Å². The molecule has 1 rings (SSSR count). The molecule has 2 atom stereocenters. The molecule has 0 bridgehead atoms. The summed E-state index contributed by atoms with van der Waals surface area (Å²) in [5.74, 6) is 1.57. The predicted octanol–water partition coefficient (Wildman–Crippen LogP) is 2.46. The Labute approximate surface area is 63.8 Å². The molecule has 0 amide bonds. The van der Waals surface area contributed by atoms with Crippen molar-refractivity contribution in [2.24, 2.45) is 11.8 Å². The average Bonchev–Trinajstić information content (AvgIpc) is 1.88. The van der Waals surface area contributed by atoms with Gasteiger partial charge in [-0.2, -0.15) is 0 Å². The molecular weight excluding hydrogens is 124 g/mol. The summed E-state index contributed by atoms with van der Waals surface area (Å²) >= 11 is 0. The van der Waals surface area contributed by atoms with E-state index in [1.807, 2.05) is 0 Å². The Balaban J connectivity index is 2.32. The maximum atomic E-state index is 5.61. The van der Waals surface area contributed by atoms with E-state index in [2.05, 4.69) is 20.8 Å². The molecule has 1 heteroatoms. The fraction of sp³-hybridized carbons (Fsp3) is 1.00. The van der Waals surface area contributed by atoms with E-state index >= 15 is 0 Å². The van der Waals surface area contributed by atoms with Crippen molar-refractivity contribution in [3.8, 4) is 0 Å². The third-order valence-electron chi connectivity index (χ3n) is 2.32. The van der Waals surface area contributed by atoms with Crippen LogP contribution in [-0.2, 0) is 4.74 Å². The standard InChI is InChI=1S/C9H18O/c1-7(2)9-6-8(3)4-5-10-9/h7-9H,4-6H2,1-3H3. The van der Waals surface area contributed by atoms with Crippen LogP contribution in [0.1, 0.15) is 33.6 Å². The van der Waals surface area contributed by atoms with Gasteiger partial charge in [0.15, 0.2) is 0 Å². The van der Waals surface area contributed by atoms with Crippen molar-refractivity contribution in [1.29, 1.82) is 0 Å². The fourth-order valence-corrected chi connectivity index (χ4v) is 1.47. The number of rotatable bonds is 1. The first-order chi connectivity index (χ1) is 4.70. The molecular formula is C9H18O. The molecule has 0 aromatic rings. The Morgan fingerprint density at radius 3 is 2.50 bits per heavy atom. The summed E-state index contributed by atoms with van der Waals surface area (Å²) in [5.41, 5.74) is 0. The van der Waals surface area contributed by atoms with E-state index in [0.717, 1.165) is 12.5 Å². The lowest BCUT2D eigenvalue weighted by atomic mass is 9.92. The van der Waals surface area contributed by atoms with Gasteiger partial charge in [0.2, 0.25) is 0 Å². The van der Waals surface area contributed by atoms with Gasteiger partial charge in [0, 0.05) is 6.61 Å². The van der Waals surface area contributed by atoms with E-state index in [1.165, 1.54) is 12.8 Å². The van der Waals surface area contributed by atoms with Crippen molar-refractivity contribution in [2.75, 3.05) is 6.61 Å². The van der Waals surface area contributed by atoms with Gasteiger partial charge in [-0.3, -0.25) is 0 Å². The van der Waals surface area contributed by atoms with Crippen molar-refractivity contribution in [2.45, 2.75) is 39.7 Å². The lowest BCUT2D eigenvalue weighted by Crippen LogP contribution is -2.28. The molecule has 1 heterocycles. The highest BCUT2D eigenvalue weighted by molar-refractivity contribution is 4.70. The van der Waals surface area contributed by atoms with Crippen LogP contribution < -0.4 is 0 Å². The van der Waals surface area contributed by atoms with Crippen molar-refractivity contribution in [1.82, 2.24) is 0 Å². The second-order valence-electron chi connectivity index (χ2n) is 3.78. The maximum absolute atomic E-state index is 5.61.